The number of aliphatic carboxylic acids is 2. The Morgan fingerprint density at radius 1 is 0.871 bits per heavy atom. The van der Waals surface area contributed by atoms with Gasteiger partial charge in [0, 0.05) is 6.42 Å². The third-order valence-corrected chi connectivity index (χ3v) is 3.94. The van der Waals surface area contributed by atoms with Crippen LogP contribution >= 0.6 is 0 Å². The minimum Gasteiger partial charge on any atom is -0.481 e. The zero-order valence-corrected chi connectivity index (χ0v) is 16.6. The number of carboxylic acid groups (broad SMARTS) is 2. The number of nitrogens with one attached hydrogen (secondary N) is 3. The van der Waals surface area contributed by atoms with Crippen LogP contribution in [-0.4, -0.2) is 92.9 Å². The van der Waals surface area contributed by atoms with Crippen LogP contribution in [0.15, 0.2) is 0 Å². The van der Waals surface area contributed by atoms with Gasteiger partial charge in [-0.2, -0.15) is 0 Å². The van der Waals surface area contributed by atoms with Gasteiger partial charge in [-0.3, -0.25) is 24.0 Å². The van der Waals surface area contributed by atoms with Gasteiger partial charge in [0.25, 0.3) is 0 Å². The first kappa shape index (κ1) is 27.7. The van der Waals surface area contributed by atoms with Crippen molar-refractivity contribution in [3.8, 4) is 0 Å². The maximum absolute atomic E-state index is 12.4. The van der Waals surface area contributed by atoms with Crippen LogP contribution in [0.1, 0.15) is 26.2 Å². The molecule has 15 heteroatoms. The number of amides is 4. The van der Waals surface area contributed by atoms with E-state index in [0.717, 1.165) is 0 Å². The van der Waals surface area contributed by atoms with Crippen LogP contribution in [0.25, 0.3) is 0 Å². The fourth-order valence-corrected chi connectivity index (χ4v) is 2.15. The van der Waals surface area contributed by atoms with E-state index in [1.54, 1.807) is 0 Å². The van der Waals surface area contributed by atoms with Gasteiger partial charge in [0.05, 0.1) is 19.1 Å². The van der Waals surface area contributed by atoms with Gasteiger partial charge < -0.3 is 47.8 Å². The van der Waals surface area contributed by atoms with Gasteiger partial charge >= 0.3 is 11.9 Å². The Morgan fingerprint density at radius 3 is 1.77 bits per heavy atom. The molecule has 5 unspecified atom stereocenters. The summed E-state index contributed by atoms with van der Waals surface area (Å²) in [5.74, 6) is -7.18. The summed E-state index contributed by atoms with van der Waals surface area (Å²) in [5.41, 5.74) is 10.3. The number of primary amides is 1. The second-order valence-corrected chi connectivity index (χ2v) is 6.57. The normalized spacial score (nSPS) is 15.5. The van der Waals surface area contributed by atoms with Crippen LogP contribution < -0.4 is 27.4 Å². The Hall–Kier alpha value is -3.30. The van der Waals surface area contributed by atoms with Crippen molar-refractivity contribution in [3.05, 3.63) is 0 Å². The van der Waals surface area contributed by atoms with E-state index < -0.39 is 78.9 Å². The van der Waals surface area contributed by atoms with Crippen LogP contribution in [0.2, 0.25) is 0 Å². The lowest BCUT2D eigenvalue weighted by Crippen LogP contribution is -2.59. The van der Waals surface area contributed by atoms with E-state index in [2.05, 4.69) is 0 Å². The molecule has 4 amide bonds. The molecule has 5 atom stereocenters. The topological polar surface area (TPSA) is 271 Å². The van der Waals surface area contributed by atoms with Crippen molar-refractivity contribution in [2.45, 2.75) is 56.5 Å². The van der Waals surface area contributed by atoms with E-state index >= 15 is 0 Å². The van der Waals surface area contributed by atoms with Gasteiger partial charge in [0.15, 0.2) is 0 Å². The summed E-state index contributed by atoms with van der Waals surface area (Å²) < 4.78 is 0. The molecule has 0 heterocycles. The molecule has 0 fully saturated rings. The van der Waals surface area contributed by atoms with E-state index in [-0.39, 0.29) is 12.8 Å². The molecule has 0 aromatic carbocycles. The lowest BCUT2D eigenvalue weighted by atomic mass is 10.1. The van der Waals surface area contributed by atoms with Gasteiger partial charge in [0.2, 0.25) is 23.6 Å². The molecule has 0 aliphatic heterocycles. The van der Waals surface area contributed by atoms with Crippen molar-refractivity contribution in [2.24, 2.45) is 11.5 Å². The monoisotopic (exact) mass is 449 g/mol. The van der Waals surface area contributed by atoms with Gasteiger partial charge in [-0.1, -0.05) is 0 Å². The van der Waals surface area contributed by atoms with Crippen LogP contribution in [-0.2, 0) is 28.8 Å². The molecule has 0 bridgehead atoms. The summed E-state index contributed by atoms with van der Waals surface area (Å²) in [6.07, 6.45) is -2.93. The van der Waals surface area contributed by atoms with E-state index in [9.17, 15) is 39.0 Å². The van der Waals surface area contributed by atoms with Crippen molar-refractivity contribution in [1.82, 2.24) is 16.0 Å². The van der Waals surface area contributed by atoms with E-state index in [1.165, 1.54) is 6.92 Å². The van der Waals surface area contributed by atoms with Crippen LogP contribution in [0, 0.1) is 0 Å². The first-order chi connectivity index (χ1) is 14.3. The maximum atomic E-state index is 12.4. The number of carbonyl (C=O) groups excluding carboxylic acids is 4. The van der Waals surface area contributed by atoms with Crippen LogP contribution in [0.4, 0.5) is 0 Å². The number of carbonyl (C=O) groups is 6. The van der Waals surface area contributed by atoms with Gasteiger partial charge in [-0.15, -0.1) is 0 Å². The summed E-state index contributed by atoms with van der Waals surface area (Å²) in [4.78, 5) is 69.5. The fourth-order valence-electron chi connectivity index (χ4n) is 2.15. The number of nitrogens with two attached hydrogens (primary N) is 2. The summed E-state index contributed by atoms with van der Waals surface area (Å²) in [7, 11) is 0. The average Bonchev–Trinajstić information content (AvgIpc) is 2.66. The number of hydrogen-bond donors (Lipinski definition) is 9. The van der Waals surface area contributed by atoms with Gasteiger partial charge in [-0.05, 0) is 13.3 Å². The Morgan fingerprint density at radius 2 is 1.35 bits per heavy atom. The van der Waals surface area contributed by atoms with E-state index in [4.69, 9.17) is 21.7 Å². The molecule has 0 aromatic heterocycles. The number of carboxylic acids is 2. The second kappa shape index (κ2) is 13.1. The van der Waals surface area contributed by atoms with Crippen molar-refractivity contribution < 1.29 is 49.2 Å². The van der Waals surface area contributed by atoms with Gasteiger partial charge in [0.1, 0.15) is 24.2 Å². The van der Waals surface area contributed by atoms with Gasteiger partial charge in [-0.25, -0.2) is 4.79 Å². The highest BCUT2D eigenvalue weighted by Gasteiger charge is 2.31. The van der Waals surface area contributed by atoms with Crippen molar-refractivity contribution in [1.29, 1.82) is 0 Å². The molecule has 0 aliphatic rings. The molecule has 0 radical (unpaired) electrons. The molecule has 0 aromatic rings. The Kier molecular flexibility index (Phi) is 11.7. The SMILES string of the molecule is CC(O)C(N)C(=O)NC(CC(=O)O)C(=O)NC(CO)C(=O)NC(CCC(N)=O)C(=O)O. The third kappa shape index (κ3) is 10.3. The second-order valence-electron chi connectivity index (χ2n) is 6.57. The molecule has 0 rings (SSSR count). The van der Waals surface area contributed by atoms with Crippen molar-refractivity contribution >= 4 is 35.6 Å². The molecule has 0 aliphatic carbocycles. The van der Waals surface area contributed by atoms with Crippen molar-refractivity contribution in [3.63, 3.8) is 0 Å². The zero-order valence-electron chi connectivity index (χ0n) is 16.6. The summed E-state index contributed by atoms with van der Waals surface area (Å²) >= 11 is 0. The molecule has 176 valence electrons. The lowest BCUT2D eigenvalue weighted by molar-refractivity contribution is -0.144. The van der Waals surface area contributed by atoms with Crippen LogP contribution in [0.5, 0.6) is 0 Å². The third-order valence-electron chi connectivity index (χ3n) is 3.94. The minimum absolute atomic E-state index is 0.350. The first-order valence-electron chi connectivity index (χ1n) is 8.98. The molecule has 0 spiro atoms. The maximum Gasteiger partial charge on any atom is 0.326 e. The average molecular weight is 449 g/mol. The Balaban J connectivity index is 5.26. The number of aliphatic hydroxyl groups is 2. The molecule has 0 saturated carbocycles. The number of aliphatic hydroxyl groups excluding tert-OH is 2. The summed E-state index contributed by atoms with van der Waals surface area (Å²) in [6.45, 7) is 0.195. The highest BCUT2D eigenvalue weighted by atomic mass is 16.4. The molecular formula is C16H27N5O10. The Bertz CT molecular complexity index is 698. The highest BCUT2D eigenvalue weighted by molar-refractivity contribution is 5.95. The smallest absolute Gasteiger partial charge is 0.326 e. The lowest BCUT2D eigenvalue weighted by Gasteiger charge is -2.24. The number of rotatable bonds is 14. The quantitative estimate of drug-likeness (QED) is 0.121. The summed E-state index contributed by atoms with van der Waals surface area (Å²) in [5, 5.41) is 42.7. The minimum atomic E-state index is -1.72. The highest BCUT2D eigenvalue weighted by Crippen LogP contribution is 2.01. The Labute approximate surface area is 176 Å². The van der Waals surface area contributed by atoms with E-state index in [0.29, 0.717) is 0 Å². The van der Waals surface area contributed by atoms with E-state index in [1.807, 2.05) is 16.0 Å². The predicted octanol–water partition coefficient (Wildman–Crippen LogP) is -5.03. The molecule has 15 nitrogen and oxygen atoms in total. The molecule has 0 saturated heterocycles. The molecule has 31 heavy (non-hydrogen) atoms. The zero-order chi connectivity index (χ0) is 24.3. The number of hydrogen-bond acceptors (Lipinski definition) is 9. The van der Waals surface area contributed by atoms with Crippen molar-refractivity contribution in [2.75, 3.05) is 6.61 Å². The predicted molar refractivity (Wildman–Crippen MR) is 101 cm³/mol. The summed E-state index contributed by atoms with van der Waals surface area (Å²) in [6, 6.07) is -6.45. The standard InChI is InChI=1S/C16H27N5O10/c1-6(23)12(18)15(29)20-8(4-11(25)26)13(27)21-9(5-22)14(28)19-7(16(30)31)2-3-10(17)24/h6-9,12,22-23H,2-5,18H2,1H3,(H2,17,24)(H,19,28)(H,20,29)(H,21,27)(H,25,26)(H,30,31). The fraction of sp³-hybridized carbons (Fsp3) is 0.625. The largest absolute Gasteiger partial charge is 0.481 e. The molecule has 11 N–H and O–H groups in total. The first-order valence-corrected chi connectivity index (χ1v) is 8.98. The van der Waals surface area contributed by atoms with Crippen LogP contribution in [0.3, 0.4) is 0 Å². The molecular weight excluding hydrogens is 422 g/mol.